The molecule has 2 rings (SSSR count). The van der Waals surface area contributed by atoms with Crippen LogP contribution in [0.15, 0.2) is 30.3 Å². The van der Waals surface area contributed by atoms with E-state index >= 15 is 0 Å². The molecule has 0 unspecified atom stereocenters. The van der Waals surface area contributed by atoms with Gasteiger partial charge in [0.05, 0.1) is 21.2 Å². The Morgan fingerprint density at radius 3 is 2.50 bits per heavy atom. The van der Waals surface area contributed by atoms with Crippen LogP contribution in [0.3, 0.4) is 0 Å². The van der Waals surface area contributed by atoms with Gasteiger partial charge in [0.15, 0.2) is 11.6 Å². The number of carbonyl (C=O) groups excluding carboxylic acids is 1. The number of non-ortho nitro benzene ring substituents is 1. The quantitative estimate of drug-likeness (QED) is 0.524. The van der Waals surface area contributed by atoms with E-state index in [1.165, 1.54) is 18.2 Å². The van der Waals surface area contributed by atoms with Gasteiger partial charge in [0.2, 0.25) is 0 Å². The van der Waals surface area contributed by atoms with Crippen molar-refractivity contribution < 1.29 is 18.5 Å². The summed E-state index contributed by atoms with van der Waals surface area (Å²) in [7, 11) is 0. The fourth-order valence-electron chi connectivity index (χ4n) is 1.74. The normalized spacial score (nSPS) is 10.4. The Balaban J connectivity index is 2.35. The summed E-state index contributed by atoms with van der Waals surface area (Å²) < 4.78 is 26.2. The standard InChI is InChI=1S/C14H9ClF2N2O3/c1-7-2-3-8(19(21)22)4-13(7)18-14(20)9-5-11(16)12(17)6-10(9)15/h2-6H,1H3,(H,18,20). The van der Waals surface area contributed by atoms with E-state index in [0.29, 0.717) is 17.7 Å². The average molecular weight is 327 g/mol. The monoisotopic (exact) mass is 326 g/mol. The van der Waals surface area contributed by atoms with Gasteiger partial charge < -0.3 is 5.32 Å². The zero-order valence-corrected chi connectivity index (χ0v) is 11.9. The molecule has 8 heteroatoms. The molecule has 0 aliphatic rings. The predicted octanol–water partition coefficient (Wildman–Crippen LogP) is 4.09. The third-order valence-corrected chi connectivity index (χ3v) is 3.25. The Hall–Kier alpha value is -2.54. The fourth-order valence-corrected chi connectivity index (χ4v) is 1.98. The molecule has 0 saturated heterocycles. The van der Waals surface area contributed by atoms with E-state index in [2.05, 4.69) is 5.32 Å². The number of nitro benzene ring substituents is 1. The van der Waals surface area contributed by atoms with Gasteiger partial charge in [-0.2, -0.15) is 0 Å². The number of aryl methyl sites for hydroxylation is 1. The van der Waals surface area contributed by atoms with Gasteiger partial charge >= 0.3 is 0 Å². The number of hydrogen-bond donors (Lipinski definition) is 1. The number of nitrogens with one attached hydrogen (secondary N) is 1. The summed E-state index contributed by atoms with van der Waals surface area (Å²) in [6.45, 7) is 1.63. The van der Waals surface area contributed by atoms with Crippen molar-refractivity contribution in [2.75, 3.05) is 5.32 Å². The van der Waals surface area contributed by atoms with Gasteiger partial charge in [0.1, 0.15) is 0 Å². The zero-order valence-electron chi connectivity index (χ0n) is 11.2. The van der Waals surface area contributed by atoms with Crippen molar-refractivity contribution in [3.8, 4) is 0 Å². The maximum atomic E-state index is 13.2. The van der Waals surface area contributed by atoms with Crippen LogP contribution in [0.1, 0.15) is 15.9 Å². The Morgan fingerprint density at radius 2 is 1.86 bits per heavy atom. The van der Waals surface area contributed by atoms with Gasteiger partial charge in [-0.15, -0.1) is 0 Å². The topological polar surface area (TPSA) is 72.2 Å². The second-order valence-electron chi connectivity index (χ2n) is 4.46. The van der Waals surface area contributed by atoms with Gasteiger partial charge in [0, 0.05) is 12.1 Å². The molecule has 0 heterocycles. The molecule has 22 heavy (non-hydrogen) atoms. The van der Waals surface area contributed by atoms with Crippen LogP contribution in [0.25, 0.3) is 0 Å². The van der Waals surface area contributed by atoms with Gasteiger partial charge in [0.25, 0.3) is 11.6 Å². The van der Waals surface area contributed by atoms with Crippen molar-refractivity contribution in [2.45, 2.75) is 6.92 Å². The van der Waals surface area contributed by atoms with Crippen molar-refractivity contribution in [2.24, 2.45) is 0 Å². The summed E-state index contributed by atoms with van der Waals surface area (Å²) in [5.74, 6) is -3.19. The number of hydrogen-bond acceptors (Lipinski definition) is 3. The predicted molar refractivity (Wildman–Crippen MR) is 77.2 cm³/mol. The van der Waals surface area contributed by atoms with Crippen LogP contribution in [-0.4, -0.2) is 10.8 Å². The van der Waals surface area contributed by atoms with Crippen molar-refractivity contribution in [1.82, 2.24) is 0 Å². The molecule has 5 nitrogen and oxygen atoms in total. The number of nitro groups is 1. The number of halogens is 3. The Bertz CT molecular complexity index is 781. The van der Waals surface area contributed by atoms with Crippen molar-refractivity contribution in [3.63, 3.8) is 0 Å². The van der Waals surface area contributed by atoms with Gasteiger partial charge in [-0.1, -0.05) is 17.7 Å². The fraction of sp³-hybridized carbons (Fsp3) is 0.0714. The van der Waals surface area contributed by atoms with E-state index in [1.807, 2.05) is 0 Å². The summed E-state index contributed by atoms with van der Waals surface area (Å²) in [4.78, 5) is 22.2. The van der Waals surface area contributed by atoms with Crippen LogP contribution in [0.4, 0.5) is 20.2 Å². The van der Waals surface area contributed by atoms with E-state index < -0.39 is 22.5 Å². The third-order valence-electron chi connectivity index (χ3n) is 2.93. The average Bonchev–Trinajstić information content (AvgIpc) is 2.44. The van der Waals surface area contributed by atoms with Gasteiger partial charge in [-0.3, -0.25) is 14.9 Å². The van der Waals surface area contributed by atoms with Crippen molar-refractivity contribution >= 4 is 28.9 Å². The van der Waals surface area contributed by atoms with Crippen LogP contribution in [-0.2, 0) is 0 Å². The lowest BCUT2D eigenvalue weighted by Crippen LogP contribution is -2.14. The van der Waals surface area contributed by atoms with Crippen LogP contribution in [0.2, 0.25) is 5.02 Å². The minimum absolute atomic E-state index is 0.181. The van der Waals surface area contributed by atoms with Crippen LogP contribution in [0.5, 0.6) is 0 Å². The number of rotatable bonds is 3. The number of anilines is 1. The highest BCUT2D eigenvalue weighted by molar-refractivity contribution is 6.34. The van der Waals surface area contributed by atoms with Crippen LogP contribution in [0, 0.1) is 28.7 Å². The largest absolute Gasteiger partial charge is 0.321 e. The van der Waals surface area contributed by atoms with Gasteiger partial charge in [-0.05, 0) is 24.6 Å². The van der Waals surface area contributed by atoms with E-state index in [1.54, 1.807) is 6.92 Å². The SMILES string of the molecule is Cc1ccc([N+](=O)[O-])cc1NC(=O)c1cc(F)c(F)cc1Cl. The zero-order chi connectivity index (χ0) is 16.4. The van der Waals surface area contributed by atoms with Gasteiger partial charge in [-0.25, -0.2) is 8.78 Å². The summed E-state index contributed by atoms with van der Waals surface area (Å²) in [5.41, 5.74) is 0.265. The molecular weight excluding hydrogens is 318 g/mol. The van der Waals surface area contributed by atoms with Crippen LogP contribution < -0.4 is 5.32 Å². The number of nitrogens with zero attached hydrogens (tertiary/aromatic N) is 1. The molecule has 0 aromatic heterocycles. The second kappa shape index (κ2) is 6.07. The molecule has 1 amide bonds. The van der Waals surface area contributed by atoms with E-state index in [9.17, 15) is 23.7 Å². The molecule has 0 radical (unpaired) electrons. The summed E-state index contributed by atoms with van der Waals surface area (Å²) in [6.07, 6.45) is 0. The van der Waals surface area contributed by atoms with Crippen molar-refractivity contribution in [1.29, 1.82) is 0 Å². The minimum atomic E-state index is -1.22. The lowest BCUT2D eigenvalue weighted by molar-refractivity contribution is -0.384. The highest BCUT2D eigenvalue weighted by Crippen LogP contribution is 2.25. The Kier molecular flexibility index (Phi) is 4.37. The Morgan fingerprint density at radius 1 is 1.23 bits per heavy atom. The third kappa shape index (κ3) is 3.20. The molecule has 0 fully saturated rings. The maximum Gasteiger partial charge on any atom is 0.271 e. The number of carbonyl (C=O) groups is 1. The Labute approximate surface area is 128 Å². The second-order valence-corrected chi connectivity index (χ2v) is 4.86. The first-order chi connectivity index (χ1) is 10.3. The number of amides is 1. The molecule has 2 aromatic carbocycles. The lowest BCUT2D eigenvalue weighted by atomic mass is 10.1. The van der Waals surface area contributed by atoms with Crippen LogP contribution >= 0.6 is 11.6 Å². The minimum Gasteiger partial charge on any atom is -0.321 e. The highest BCUT2D eigenvalue weighted by Gasteiger charge is 2.17. The molecule has 114 valence electrons. The molecule has 1 N–H and O–H groups in total. The molecule has 0 saturated carbocycles. The number of benzene rings is 2. The summed E-state index contributed by atoms with van der Waals surface area (Å²) >= 11 is 5.71. The molecule has 0 aliphatic carbocycles. The first kappa shape index (κ1) is 15.8. The first-order valence-electron chi connectivity index (χ1n) is 6.00. The summed E-state index contributed by atoms with van der Waals surface area (Å²) in [5, 5.41) is 12.9. The molecule has 0 atom stereocenters. The van der Waals surface area contributed by atoms with E-state index in [0.717, 1.165) is 0 Å². The molecule has 0 spiro atoms. The smallest absolute Gasteiger partial charge is 0.271 e. The maximum absolute atomic E-state index is 13.2. The molecule has 0 bridgehead atoms. The van der Waals surface area contributed by atoms with E-state index in [4.69, 9.17) is 11.6 Å². The lowest BCUT2D eigenvalue weighted by Gasteiger charge is -2.09. The van der Waals surface area contributed by atoms with Crippen molar-refractivity contribution in [3.05, 3.63) is 68.2 Å². The highest BCUT2D eigenvalue weighted by atomic mass is 35.5. The molecule has 2 aromatic rings. The molecule has 0 aliphatic heterocycles. The molecular formula is C14H9ClF2N2O3. The van der Waals surface area contributed by atoms with E-state index in [-0.39, 0.29) is 22.0 Å². The summed E-state index contributed by atoms with van der Waals surface area (Å²) in [6, 6.07) is 5.27. The first-order valence-corrected chi connectivity index (χ1v) is 6.38.